The summed E-state index contributed by atoms with van der Waals surface area (Å²) in [5.41, 5.74) is 2.67. The molecule has 6 nitrogen and oxygen atoms in total. The maximum Gasteiger partial charge on any atom is 0.209 e. The molecule has 2 fully saturated rings. The van der Waals surface area contributed by atoms with Gasteiger partial charge >= 0.3 is 0 Å². The minimum Gasteiger partial charge on any atom is -0.494 e. The second kappa shape index (κ2) is 10.2. The molecule has 3 rings (SSSR count). The fourth-order valence-corrected chi connectivity index (χ4v) is 5.59. The molecule has 1 saturated heterocycles. The Balaban J connectivity index is 1.52. The molecule has 2 atom stereocenters. The fraction of sp³-hybridized carbons (Fsp3) is 0.727. The molecule has 1 aliphatic heterocycles. The summed E-state index contributed by atoms with van der Waals surface area (Å²) in [6.45, 7) is 6.35. The van der Waals surface area contributed by atoms with Crippen molar-refractivity contribution in [2.24, 2.45) is 0 Å². The van der Waals surface area contributed by atoms with E-state index in [-0.39, 0.29) is 18.2 Å². The highest BCUT2D eigenvalue weighted by Gasteiger charge is 2.30. The van der Waals surface area contributed by atoms with Gasteiger partial charge in [0.05, 0.1) is 25.6 Å². The predicted molar refractivity (Wildman–Crippen MR) is 116 cm³/mol. The summed E-state index contributed by atoms with van der Waals surface area (Å²) in [5.74, 6) is 1.54. The Morgan fingerprint density at radius 2 is 1.93 bits per heavy atom. The van der Waals surface area contributed by atoms with Crippen LogP contribution in [0.2, 0.25) is 0 Å². The van der Waals surface area contributed by atoms with E-state index in [4.69, 9.17) is 9.47 Å². The van der Waals surface area contributed by atoms with Crippen LogP contribution in [0.3, 0.4) is 0 Å². The molecule has 1 saturated carbocycles. The van der Waals surface area contributed by atoms with Crippen molar-refractivity contribution in [2.75, 3.05) is 26.0 Å². The van der Waals surface area contributed by atoms with Gasteiger partial charge in [-0.2, -0.15) is 0 Å². The third kappa shape index (κ3) is 6.41. The van der Waals surface area contributed by atoms with Gasteiger partial charge in [-0.3, -0.25) is 0 Å². The highest BCUT2D eigenvalue weighted by molar-refractivity contribution is 7.88. The molecule has 0 aromatic heterocycles. The summed E-state index contributed by atoms with van der Waals surface area (Å²) in [7, 11) is -3.21. The molecule has 1 aliphatic carbocycles. The number of sulfonamides is 1. The number of aryl methyl sites for hydroxylation is 1. The first-order valence-electron chi connectivity index (χ1n) is 10.9. The van der Waals surface area contributed by atoms with Crippen molar-refractivity contribution in [1.29, 1.82) is 0 Å². The van der Waals surface area contributed by atoms with E-state index in [2.05, 4.69) is 35.2 Å². The molecule has 0 unspecified atom stereocenters. The zero-order chi connectivity index (χ0) is 20.9. The van der Waals surface area contributed by atoms with Crippen LogP contribution in [0.4, 0.5) is 0 Å². The minimum absolute atomic E-state index is 0.0390. The van der Waals surface area contributed by atoms with Crippen molar-refractivity contribution in [3.63, 3.8) is 0 Å². The van der Waals surface area contributed by atoms with Crippen LogP contribution in [-0.2, 0) is 14.8 Å². The van der Waals surface area contributed by atoms with E-state index in [9.17, 15) is 8.42 Å². The van der Waals surface area contributed by atoms with Gasteiger partial charge in [-0.25, -0.2) is 13.1 Å². The van der Waals surface area contributed by atoms with Gasteiger partial charge in [0.25, 0.3) is 0 Å². The zero-order valence-electron chi connectivity index (χ0n) is 17.9. The lowest BCUT2D eigenvalue weighted by Gasteiger charge is -2.35. The highest BCUT2D eigenvalue weighted by Crippen LogP contribution is 2.40. The quantitative estimate of drug-likeness (QED) is 0.671. The molecule has 1 heterocycles. The topological polar surface area (TPSA) is 76.7 Å². The SMILES string of the molecule is CCOc1cccc(C)c1C1CCC(OC[C@@H]2NCCC[C@@H]2NS(C)(=O)=O)CC1. The van der Waals surface area contributed by atoms with Crippen LogP contribution in [0.5, 0.6) is 5.75 Å². The second-order valence-electron chi connectivity index (χ2n) is 8.43. The molecule has 29 heavy (non-hydrogen) atoms. The largest absolute Gasteiger partial charge is 0.494 e. The van der Waals surface area contributed by atoms with E-state index in [0.29, 0.717) is 19.1 Å². The van der Waals surface area contributed by atoms with E-state index in [1.807, 2.05) is 6.92 Å². The van der Waals surface area contributed by atoms with E-state index in [0.717, 1.165) is 50.8 Å². The smallest absolute Gasteiger partial charge is 0.209 e. The summed E-state index contributed by atoms with van der Waals surface area (Å²) < 4.78 is 38.1. The van der Waals surface area contributed by atoms with Crippen LogP contribution in [-0.4, -0.2) is 52.6 Å². The Hall–Kier alpha value is -1.15. The van der Waals surface area contributed by atoms with Crippen molar-refractivity contribution in [2.45, 2.75) is 76.5 Å². The van der Waals surface area contributed by atoms with E-state index >= 15 is 0 Å². The zero-order valence-corrected chi connectivity index (χ0v) is 18.8. The third-order valence-electron chi connectivity index (χ3n) is 6.13. The summed E-state index contributed by atoms with van der Waals surface area (Å²) in [5, 5.41) is 3.43. The van der Waals surface area contributed by atoms with Gasteiger partial charge in [0.1, 0.15) is 5.75 Å². The lowest BCUT2D eigenvalue weighted by molar-refractivity contribution is 0.00507. The molecule has 1 aromatic rings. The molecule has 0 amide bonds. The van der Waals surface area contributed by atoms with Crippen LogP contribution in [0, 0.1) is 6.92 Å². The van der Waals surface area contributed by atoms with Gasteiger partial charge in [-0.1, -0.05) is 12.1 Å². The Bertz CT molecular complexity index is 760. The Kier molecular flexibility index (Phi) is 7.96. The number of benzene rings is 1. The van der Waals surface area contributed by atoms with Gasteiger partial charge in [0.2, 0.25) is 10.0 Å². The molecule has 2 aliphatic rings. The monoisotopic (exact) mass is 424 g/mol. The maximum atomic E-state index is 11.6. The Morgan fingerprint density at radius 3 is 2.62 bits per heavy atom. The number of ether oxygens (including phenoxy) is 2. The summed E-state index contributed by atoms with van der Waals surface area (Å²) in [6, 6.07) is 6.27. The molecule has 7 heteroatoms. The van der Waals surface area contributed by atoms with Gasteiger partial charge < -0.3 is 14.8 Å². The van der Waals surface area contributed by atoms with Crippen molar-refractivity contribution in [1.82, 2.24) is 10.0 Å². The van der Waals surface area contributed by atoms with Crippen LogP contribution < -0.4 is 14.8 Å². The van der Waals surface area contributed by atoms with Crippen molar-refractivity contribution >= 4 is 10.0 Å². The summed E-state index contributed by atoms with van der Waals surface area (Å²) >= 11 is 0. The van der Waals surface area contributed by atoms with Crippen LogP contribution in [0.25, 0.3) is 0 Å². The molecule has 164 valence electrons. The molecular formula is C22H36N2O4S. The van der Waals surface area contributed by atoms with E-state index < -0.39 is 10.0 Å². The summed E-state index contributed by atoms with van der Waals surface area (Å²) in [4.78, 5) is 0. The minimum atomic E-state index is -3.21. The normalized spacial score (nSPS) is 28.2. The van der Waals surface area contributed by atoms with Crippen molar-refractivity contribution in [3.8, 4) is 5.75 Å². The number of hydrogen-bond acceptors (Lipinski definition) is 5. The molecule has 0 bridgehead atoms. The van der Waals surface area contributed by atoms with Gasteiger partial charge in [-0.05, 0) is 76.5 Å². The first-order chi connectivity index (χ1) is 13.9. The van der Waals surface area contributed by atoms with Crippen LogP contribution in [0.1, 0.15) is 62.5 Å². The molecule has 1 aromatic carbocycles. The van der Waals surface area contributed by atoms with Crippen molar-refractivity contribution < 1.29 is 17.9 Å². The van der Waals surface area contributed by atoms with E-state index in [1.165, 1.54) is 17.4 Å². The number of hydrogen-bond donors (Lipinski definition) is 2. The molecule has 0 radical (unpaired) electrons. The lowest BCUT2D eigenvalue weighted by atomic mass is 9.80. The number of piperidine rings is 1. The summed E-state index contributed by atoms with van der Waals surface area (Å²) in [6.07, 6.45) is 7.55. The standard InChI is InChI=1S/C22H36N2O4S/c1-4-27-21-9-5-7-16(2)22(21)17-10-12-18(13-11-17)28-15-20-19(8-6-14-23-20)24-29(3,25)26/h5,7,9,17-20,23-24H,4,6,8,10-15H2,1-3H3/t17?,18?,19-,20-/m0/s1. The number of rotatable bonds is 8. The highest BCUT2D eigenvalue weighted by atomic mass is 32.2. The average molecular weight is 425 g/mol. The van der Waals surface area contributed by atoms with Crippen LogP contribution >= 0.6 is 0 Å². The predicted octanol–water partition coefficient (Wildman–Crippen LogP) is 3.11. The lowest BCUT2D eigenvalue weighted by Crippen LogP contribution is -2.55. The Morgan fingerprint density at radius 1 is 1.17 bits per heavy atom. The van der Waals surface area contributed by atoms with Crippen molar-refractivity contribution in [3.05, 3.63) is 29.3 Å². The first-order valence-corrected chi connectivity index (χ1v) is 12.8. The second-order valence-corrected chi connectivity index (χ2v) is 10.2. The van der Waals surface area contributed by atoms with Gasteiger partial charge in [-0.15, -0.1) is 0 Å². The average Bonchev–Trinajstić information content (AvgIpc) is 2.67. The molecule has 2 N–H and O–H groups in total. The Labute approximate surface area is 175 Å². The van der Waals surface area contributed by atoms with E-state index in [1.54, 1.807) is 0 Å². The van der Waals surface area contributed by atoms with Gasteiger partial charge in [0, 0.05) is 17.6 Å². The third-order valence-corrected chi connectivity index (χ3v) is 6.86. The molecule has 0 spiro atoms. The van der Waals surface area contributed by atoms with Gasteiger partial charge in [0.15, 0.2) is 0 Å². The molecular weight excluding hydrogens is 388 g/mol. The number of nitrogens with one attached hydrogen (secondary N) is 2. The first kappa shape index (κ1) is 22.5. The fourth-order valence-electron chi connectivity index (χ4n) is 4.76. The maximum absolute atomic E-state index is 11.6. The van der Waals surface area contributed by atoms with Crippen LogP contribution in [0.15, 0.2) is 18.2 Å².